The van der Waals surface area contributed by atoms with Gasteiger partial charge in [-0.15, -0.1) is 11.8 Å². The van der Waals surface area contributed by atoms with E-state index in [1.165, 1.54) is 22.8 Å². The van der Waals surface area contributed by atoms with Crippen LogP contribution in [0.5, 0.6) is 0 Å². The minimum Gasteiger partial charge on any atom is -0.459 e. The first kappa shape index (κ1) is 26.6. The van der Waals surface area contributed by atoms with Crippen molar-refractivity contribution in [1.29, 1.82) is 0 Å². The topological polar surface area (TPSA) is 131 Å². The highest BCUT2D eigenvalue weighted by molar-refractivity contribution is 8.00. The van der Waals surface area contributed by atoms with Crippen LogP contribution in [0, 0.1) is 0 Å². The molecular formula is C27H26FN5O5S. The van der Waals surface area contributed by atoms with Gasteiger partial charge in [-0.25, -0.2) is 28.6 Å². The molecule has 4 atom stereocenters. The number of nitrogens with zero attached hydrogens (tertiary/aromatic N) is 4. The number of aromatic nitrogens is 4. The molecule has 0 unspecified atom stereocenters. The average Bonchev–Trinajstić information content (AvgIpc) is 3.45. The van der Waals surface area contributed by atoms with E-state index < -0.39 is 36.5 Å². The molecule has 2 N–H and O–H groups in total. The predicted molar refractivity (Wildman–Crippen MR) is 142 cm³/mol. The van der Waals surface area contributed by atoms with E-state index in [4.69, 9.17) is 19.9 Å². The smallest absolute Gasteiger partial charge is 0.338 e. The second kappa shape index (κ2) is 11.4. The molecule has 0 aliphatic carbocycles. The Morgan fingerprint density at radius 3 is 2.33 bits per heavy atom. The number of carbonyl (C=O) groups is 2. The van der Waals surface area contributed by atoms with Gasteiger partial charge in [0.1, 0.15) is 29.9 Å². The number of halogens is 1. The Morgan fingerprint density at radius 1 is 1.05 bits per heavy atom. The number of alkyl halides is 1. The van der Waals surface area contributed by atoms with Crippen molar-refractivity contribution in [3.8, 4) is 0 Å². The highest BCUT2D eigenvalue weighted by Crippen LogP contribution is 2.39. The van der Waals surface area contributed by atoms with Crippen molar-refractivity contribution < 1.29 is 28.2 Å². The van der Waals surface area contributed by atoms with Crippen molar-refractivity contribution >= 4 is 40.6 Å². The van der Waals surface area contributed by atoms with Gasteiger partial charge in [-0.05, 0) is 24.3 Å². The maximum atomic E-state index is 16.1. The standard InChI is InChI=1S/C27H26FN5O5S/c1-15(2)39-24-19-22(29)30-14-31-23(19)33(32-24)25-20(28)21(38-27(35)17-11-7-4-8-12-17)18(37-25)13-36-26(34)16-9-5-3-6-10-16/h3-12,14-15,18,20-21,25H,13H2,1-2H3,(H2,29,30,31)/t18-,20+,21-,25-/m1/s1. The third-order valence-corrected chi connectivity index (χ3v) is 6.96. The number of thioether (sulfide) groups is 1. The molecule has 10 nitrogen and oxygen atoms in total. The van der Waals surface area contributed by atoms with Gasteiger partial charge in [-0.1, -0.05) is 50.2 Å². The summed E-state index contributed by atoms with van der Waals surface area (Å²) in [5, 5.41) is 5.70. The quantitative estimate of drug-likeness (QED) is 0.251. The van der Waals surface area contributed by atoms with Gasteiger partial charge in [-0.2, -0.15) is 5.10 Å². The molecule has 202 valence electrons. The molecule has 1 aliphatic heterocycles. The minimum absolute atomic E-state index is 0.145. The van der Waals surface area contributed by atoms with Gasteiger partial charge in [0.05, 0.1) is 16.5 Å². The van der Waals surface area contributed by atoms with E-state index in [2.05, 4.69) is 15.1 Å². The number of benzene rings is 2. The Kier molecular flexibility index (Phi) is 7.75. The molecule has 0 bridgehead atoms. The first-order valence-corrected chi connectivity index (χ1v) is 13.1. The van der Waals surface area contributed by atoms with Crippen LogP contribution in [-0.4, -0.2) is 61.9 Å². The molecule has 1 saturated heterocycles. The average molecular weight is 552 g/mol. The normalized spacial score (nSPS) is 20.8. The third-order valence-electron chi connectivity index (χ3n) is 5.98. The van der Waals surface area contributed by atoms with Crippen molar-refractivity contribution in [2.24, 2.45) is 0 Å². The maximum Gasteiger partial charge on any atom is 0.338 e. The van der Waals surface area contributed by atoms with Crippen LogP contribution >= 0.6 is 11.8 Å². The van der Waals surface area contributed by atoms with Gasteiger partial charge in [0, 0.05) is 5.25 Å². The van der Waals surface area contributed by atoms with Crippen molar-refractivity contribution in [2.45, 2.75) is 48.7 Å². The lowest BCUT2D eigenvalue weighted by Gasteiger charge is -2.19. The summed E-state index contributed by atoms with van der Waals surface area (Å²) in [6, 6.07) is 16.6. The summed E-state index contributed by atoms with van der Waals surface area (Å²) in [5.74, 6) is -1.16. The summed E-state index contributed by atoms with van der Waals surface area (Å²) in [6.07, 6.45) is -4.46. The molecule has 3 heterocycles. The molecule has 4 aromatic rings. The zero-order valence-electron chi connectivity index (χ0n) is 21.1. The Labute approximate surface area is 227 Å². The summed E-state index contributed by atoms with van der Waals surface area (Å²) in [7, 11) is 0. The van der Waals surface area contributed by atoms with Gasteiger partial charge in [0.25, 0.3) is 0 Å². The summed E-state index contributed by atoms with van der Waals surface area (Å²) in [6.45, 7) is 3.60. The van der Waals surface area contributed by atoms with Gasteiger partial charge < -0.3 is 19.9 Å². The van der Waals surface area contributed by atoms with E-state index in [1.54, 1.807) is 60.7 Å². The van der Waals surface area contributed by atoms with Crippen LogP contribution in [0.2, 0.25) is 0 Å². The number of nitrogens with two attached hydrogens (primary N) is 1. The highest BCUT2D eigenvalue weighted by atomic mass is 32.2. The Hall–Kier alpha value is -4.03. The van der Waals surface area contributed by atoms with E-state index in [0.29, 0.717) is 16.0 Å². The van der Waals surface area contributed by atoms with Crippen LogP contribution in [0.15, 0.2) is 72.0 Å². The summed E-state index contributed by atoms with van der Waals surface area (Å²) >= 11 is 1.42. The number of rotatable bonds is 8. The van der Waals surface area contributed by atoms with Gasteiger partial charge in [0.2, 0.25) is 0 Å². The monoisotopic (exact) mass is 551 g/mol. The highest BCUT2D eigenvalue weighted by Gasteiger charge is 2.50. The van der Waals surface area contributed by atoms with Crippen molar-refractivity contribution in [1.82, 2.24) is 19.7 Å². The zero-order valence-corrected chi connectivity index (χ0v) is 22.0. The van der Waals surface area contributed by atoms with E-state index in [0.717, 1.165) is 0 Å². The van der Waals surface area contributed by atoms with Crippen LogP contribution in [0.25, 0.3) is 11.0 Å². The van der Waals surface area contributed by atoms with Gasteiger partial charge in [-0.3, -0.25) is 0 Å². The third kappa shape index (κ3) is 5.57. The molecule has 2 aromatic carbocycles. The first-order chi connectivity index (χ1) is 18.8. The number of esters is 2. The fraction of sp³-hybridized carbons (Fsp3) is 0.296. The molecule has 1 aliphatic rings. The Morgan fingerprint density at radius 2 is 1.69 bits per heavy atom. The predicted octanol–water partition coefficient (Wildman–Crippen LogP) is 4.23. The Bertz CT molecular complexity index is 1470. The SMILES string of the molecule is CC(C)Sc1nn([C@@H]2O[C@H](COC(=O)c3ccccc3)[C@@H](OC(=O)c3ccccc3)[C@@H]2F)c2ncnc(N)c12. The number of carbonyl (C=O) groups excluding carboxylic acids is 2. The summed E-state index contributed by atoms with van der Waals surface area (Å²) in [5.41, 5.74) is 6.96. The molecule has 0 radical (unpaired) electrons. The number of nitrogen functional groups attached to an aromatic ring is 1. The lowest BCUT2D eigenvalue weighted by molar-refractivity contribution is -0.0604. The molecule has 12 heteroatoms. The summed E-state index contributed by atoms with van der Waals surface area (Å²) < 4.78 is 34.4. The van der Waals surface area contributed by atoms with Crippen molar-refractivity contribution in [3.05, 3.63) is 78.1 Å². The van der Waals surface area contributed by atoms with Crippen LogP contribution in [0.1, 0.15) is 40.8 Å². The number of hydrogen-bond donors (Lipinski definition) is 1. The molecule has 0 amide bonds. The molecule has 5 rings (SSSR count). The molecule has 39 heavy (non-hydrogen) atoms. The van der Waals surface area contributed by atoms with Crippen LogP contribution in [-0.2, 0) is 14.2 Å². The number of hydrogen-bond acceptors (Lipinski definition) is 10. The van der Waals surface area contributed by atoms with Crippen LogP contribution in [0.3, 0.4) is 0 Å². The van der Waals surface area contributed by atoms with Gasteiger partial charge >= 0.3 is 11.9 Å². The maximum absolute atomic E-state index is 16.1. The fourth-order valence-corrected chi connectivity index (χ4v) is 5.09. The number of anilines is 1. The number of ether oxygens (including phenoxy) is 3. The first-order valence-electron chi connectivity index (χ1n) is 12.3. The zero-order chi connectivity index (χ0) is 27.5. The van der Waals surface area contributed by atoms with Crippen molar-refractivity contribution in [2.75, 3.05) is 12.3 Å². The largest absolute Gasteiger partial charge is 0.459 e. The lowest BCUT2D eigenvalue weighted by Crippen LogP contribution is -2.37. The summed E-state index contributed by atoms with van der Waals surface area (Å²) in [4.78, 5) is 33.8. The molecule has 0 saturated carbocycles. The van der Waals surface area contributed by atoms with E-state index >= 15 is 4.39 Å². The van der Waals surface area contributed by atoms with E-state index in [1.807, 2.05) is 13.8 Å². The molecular weight excluding hydrogens is 525 g/mol. The van der Waals surface area contributed by atoms with Crippen molar-refractivity contribution in [3.63, 3.8) is 0 Å². The second-order valence-corrected chi connectivity index (χ2v) is 10.6. The molecule has 0 spiro atoms. The Balaban J connectivity index is 1.46. The second-order valence-electron chi connectivity index (χ2n) is 9.08. The van der Waals surface area contributed by atoms with E-state index in [9.17, 15) is 9.59 Å². The fourth-order valence-electron chi connectivity index (χ4n) is 4.19. The lowest BCUT2D eigenvalue weighted by atomic mass is 10.1. The minimum atomic E-state index is -1.87. The van der Waals surface area contributed by atoms with Crippen LogP contribution in [0.4, 0.5) is 10.2 Å². The van der Waals surface area contributed by atoms with Gasteiger partial charge in [0.15, 0.2) is 24.2 Å². The number of fused-ring (bicyclic) bond motifs is 1. The van der Waals surface area contributed by atoms with E-state index in [-0.39, 0.29) is 28.9 Å². The molecule has 1 fully saturated rings. The molecule has 2 aromatic heterocycles. The van der Waals surface area contributed by atoms with Crippen LogP contribution < -0.4 is 5.73 Å².